The lowest BCUT2D eigenvalue weighted by molar-refractivity contribution is -0.125. The summed E-state index contributed by atoms with van der Waals surface area (Å²) in [6.45, 7) is 0.432. The highest BCUT2D eigenvalue weighted by atomic mass is 16.3. The summed E-state index contributed by atoms with van der Waals surface area (Å²) in [6.07, 6.45) is 0.682. The van der Waals surface area contributed by atoms with Crippen LogP contribution in [-0.2, 0) is 11.2 Å². The van der Waals surface area contributed by atoms with Crippen molar-refractivity contribution in [2.24, 2.45) is 5.73 Å². The molecule has 1 aliphatic heterocycles. The molecule has 1 aliphatic carbocycles. The minimum absolute atomic E-state index is 0.00147. The molecule has 2 aliphatic rings. The van der Waals surface area contributed by atoms with Crippen LogP contribution in [0.4, 0.5) is 11.8 Å². The van der Waals surface area contributed by atoms with Gasteiger partial charge in [0.25, 0.3) is 0 Å². The van der Waals surface area contributed by atoms with Crippen molar-refractivity contribution in [3.05, 3.63) is 42.2 Å². The lowest BCUT2D eigenvalue weighted by Gasteiger charge is -2.22. The van der Waals surface area contributed by atoms with Gasteiger partial charge in [-0.2, -0.15) is 9.97 Å². The van der Waals surface area contributed by atoms with Gasteiger partial charge in [0, 0.05) is 19.1 Å². The van der Waals surface area contributed by atoms with E-state index in [0.717, 1.165) is 12.0 Å². The second kappa shape index (κ2) is 11.2. The van der Waals surface area contributed by atoms with Crippen LogP contribution < -0.4 is 21.3 Å². The van der Waals surface area contributed by atoms with Crippen LogP contribution in [0.2, 0.25) is 0 Å². The third kappa shape index (κ3) is 5.28. The van der Waals surface area contributed by atoms with Gasteiger partial charge in [0.05, 0.1) is 31.1 Å². The molecule has 204 valence electrons. The SMILES string of the molecule is NC1CCN(c2nc(N[C@H](CO)Cc3ccccc3)c3ncn([C@@H]4C[C@H](NC(=O)CO)[C@@H](O)[C@H]4O)c3n2)C1. The molecule has 1 amide bonds. The van der Waals surface area contributed by atoms with Crippen molar-refractivity contribution in [1.82, 2.24) is 24.8 Å². The Hall–Kier alpha value is -3.36. The molecule has 1 unspecified atom stereocenters. The molecule has 38 heavy (non-hydrogen) atoms. The lowest BCUT2D eigenvalue weighted by atomic mass is 10.1. The second-order valence-electron chi connectivity index (χ2n) is 10.0. The first-order valence-corrected chi connectivity index (χ1v) is 12.8. The molecule has 0 bridgehead atoms. The Balaban J connectivity index is 1.50. The lowest BCUT2D eigenvalue weighted by Crippen LogP contribution is -2.44. The fraction of sp³-hybridized carbons (Fsp3) is 0.520. The number of carbonyl (C=O) groups excluding carboxylic acids is 1. The first-order valence-electron chi connectivity index (χ1n) is 12.8. The third-order valence-electron chi connectivity index (χ3n) is 7.30. The summed E-state index contributed by atoms with van der Waals surface area (Å²) in [5, 5.41) is 46.5. The molecular weight excluding hydrogens is 492 g/mol. The van der Waals surface area contributed by atoms with E-state index in [0.29, 0.717) is 42.4 Å². The Morgan fingerprint density at radius 1 is 1.16 bits per heavy atom. The number of nitrogens with zero attached hydrogens (tertiary/aromatic N) is 5. The minimum atomic E-state index is -1.23. The van der Waals surface area contributed by atoms with Crippen LogP contribution in [0.25, 0.3) is 11.2 Å². The van der Waals surface area contributed by atoms with Crippen molar-refractivity contribution >= 4 is 28.8 Å². The van der Waals surface area contributed by atoms with Gasteiger partial charge in [-0.25, -0.2) is 4.98 Å². The van der Waals surface area contributed by atoms with Crippen LogP contribution in [0, 0.1) is 0 Å². The number of aliphatic hydroxyl groups is 4. The number of fused-ring (bicyclic) bond motifs is 1. The van der Waals surface area contributed by atoms with E-state index in [1.54, 1.807) is 4.57 Å². The van der Waals surface area contributed by atoms with E-state index in [9.17, 15) is 20.1 Å². The quantitative estimate of drug-likeness (QED) is 0.172. The number of aromatic nitrogens is 4. The zero-order valence-corrected chi connectivity index (χ0v) is 20.9. The van der Waals surface area contributed by atoms with Gasteiger partial charge in [-0.3, -0.25) is 4.79 Å². The average molecular weight is 527 g/mol. The summed E-state index contributed by atoms with van der Waals surface area (Å²) in [5.74, 6) is 0.258. The highest BCUT2D eigenvalue weighted by Gasteiger charge is 2.44. The van der Waals surface area contributed by atoms with Gasteiger partial charge in [0.2, 0.25) is 11.9 Å². The van der Waals surface area contributed by atoms with Gasteiger partial charge in [-0.15, -0.1) is 0 Å². The summed E-state index contributed by atoms with van der Waals surface area (Å²) >= 11 is 0. The fourth-order valence-corrected chi connectivity index (χ4v) is 5.29. The predicted octanol–water partition coefficient (Wildman–Crippen LogP) is -1.48. The Kier molecular flexibility index (Phi) is 7.72. The van der Waals surface area contributed by atoms with E-state index in [4.69, 9.17) is 20.8 Å². The van der Waals surface area contributed by atoms with E-state index < -0.39 is 36.8 Å². The molecule has 1 saturated heterocycles. The Labute approximate surface area is 219 Å². The molecular formula is C25H34N8O5. The van der Waals surface area contributed by atoms with Crippen LogP contribution in [-0.4, -0.2) is 102 Å². The van der Waals surface area contributed by atoms with Crippen LogP contribution in [0.15, 0.2) is 36.7 Å². The zero-order valence-electron chi connectivity index (χ0n) is 20.9. The largest absolute Gasteiger partial charge is 0.394 e. The number of hydrogen-bond acceptors (Lipinski definition) is 11. The monoisotopic (exact) mass is 526 g/mol. The van der Waals surface area contributed by atoms with Gasteiger partial charge in [0.1, 0.15) is 18.8 Å². The van der Waals surface area contributed by atoms with Crippen molar-refractivity contribution in [3.63, 3.8) is 0 Å². The number of benzene rings is 1. The fourth-order valence-electron chi connectivity index (χ4n) is 5.29. The molecule has 3 aromatic rings. The second-order valence-corrected chi connectivity index (χ2v) is 10.0. The maximum absolute atomic E-state index is 11.7. The molecule has 13 heteroatoms. The summed E-state index contributed by atoms with van der Waals surface area (Å²) < 4.78 is 1.69. The molecule has 0 radical (unpaired) electrons. The van der Waals surface area contributed by atoms with Gasteiger partial charge < -0.3 is 46.3 Å². The number of amides is 1. The summed E-state index contributed by atoms with van der Waals surface area (Å²) in [5.41, 5.74) is 8.09. The molecule has 6 atom stereocenters. The van der Waals surface area contributed by atoms with Crippen LogP contribution in [0.3, 0.4) is 0 Å². The van der Waals surface area contributed by atoms with E-state index in [2.05, 4.69) is 15.6 Å². The van der Waals surface area contributed by atoms with Gasteiger partial charge in [-0.05, 0) is 24.8 Å². The number of imidazole rings is 1. The first-order chi connectivity index (χ1) is 18.4. The molecule has 1 saturated carbocycles. The van der Waals surface area contributed by atoms with Crippen molar-refractivity contribution in [1.29, 1.82) is 0 Å². The van der Waals surface area contributed by atoms with Crippen molar-refractivity contribution in [2.75, 3.05) is 36.5 Å². The first kappa shape index (κ1) is 26.3. The van der Waals surface area contributed by atoms with Gasteiger partial charge in [0.15, 0.2) is 17.0 Å². The minimum Gasteiger partial charge on any atom is -0.394 e. The Morgan fingerprint density at radius 2 is 1.95 bits per heavy atom. The normalized spacial score (nSPS) is 26.1. The number of hydrogen-bond donors (Lipinski definition) is 7. The number of aliphatic hydroxyl groups excluding tert-OH is 4. The molecule has 5 rings (SSSR count). The molecule has 2 aromatic heterocycles. The van der Waals surface area contributed by atoms with Gasteiger partial charge >= 0.3 is 0 Å². The average Bonchev–Trinajstić information content (AvgIpc) is 3.62. The van der Waals surface area contributed by atoms with Gasteiger partial charge in [-0.1, -0.05) is 30.3 Å². The Bertz CT molecular complexity index is 1260. The van der Waals surface area contributed by atoms with Crippen LogP contribution >= 0.6 is 0 Å². The van der Waals surface area contributed by atoms with Crippen LogP contribution in [0.5, 0.6) is 0 Å². The summed E-state index contributed by atoms with van der Waals surface area (Å²) in [6, 6.07) is 8.09. The van der Waals surface area contributed by atoms with Crippen molar-refractivity contribution < 1.29 is 25.2 Å². The number of carbonyl (C=O) groups is 1. The third-order valence-corrected chi connectivity index (χ3v) is 7.30. The molecule has 3 heterocycles. The Morgan fingerprint density at radius 3 is 2.63 bits per heavy atom. The molecule has 1 aromatic carbocycles. The van der Waals surface area contributed by atoms with E-state index in [1.165, 1.54) is 6.33 Å². The molecule has 13 nitrogen and oxygen atoms in total. The van der Waals surface area contributed by atoms with Crippen LogP contribution in [0.1, 0.15) is 24.4 Å². The highest BCUT2D eigenvalue weighted by Crippen LogP contribution is 2.35. The number of nitrogens with two attached hydrogens (primary N) is 1. The molecule has 2 fully saturated rings. The van der Waals surface area contributed by atoms with Crippen molar-refractivity contribution in [3.8, 4) is 0 Å². The standard InChI is InChI=1S/C25H34N8O5/c26-15-6-7-32(10-15)25-30-23(28-16(11-34)8-14-4-2-1-3-5-14)20-24(31-25)33(13-27-20)18-9-17(21(37)22(18)38)29-19(36)12-35/h1-5,13,15-18,21-22,34-35,37-38H,6-12,26H2,(H,29,36)(H,28,30,31)/t15?,16-,17-,18+,21+,22-/m0/s1. The summed E-state index contributed by atoms with van der Waals surface area (Å²) in [7, 11) is 0. The van der Waals surface area contributed by atoms with Crippen molar-refractivity contribution in [2.45, 2.75) is 55.6 Å². The number of anilines is 2. The number of rotatable bonds is 9. The topological polar surface area (TPSA) is 195 Å². The summed E-state index contributed by atoms with van der Waals surface area (Å²) in [4.78, 5) is 27.8. The van der Waals surface area contributed by atoms with E-state index in [-0.39, 0.29) is 25.1 Å². The zero-order chi connectivity index (χ0) is 26.8. The highest BCUT2D eigenvalue weighted by molar-refractivity contribution is 5.85. The maximum Gasteiger partial charge on any atom is 0.246 e. The van der Waals surface area contributed by atoms with E-state index in [1.807, 2.05) is 35.2 Å². The maximum atomic E-state index is 11.7. The molecule has 8 N–H and O–H groups in total. The smallest absolute Gasteiger partial charge is 0.246 e. The molecule has 0 spiro atoms. The van der Waals surface area contributed by atoms with E-state index >= 15 is 0 Å². The number of nitrogens with one attached hydrogen (secondary N) is 2. The predicted molar refractivity (Wildman–Crippen MR) is 139 cm³/mol.